The molecule has 0 aliphatic rings. The highest BCUT2D eigenvalue weighted by molar-refractivity contribution is 5.98. The van der Waals surface area contributed by atoms with E-state index < -0.39 is 0 Å². The molecule has 0 aliphatic carbocycles. The van der Waals surface area contributed by atoms with Crippen molar-refractivity contribution < 1.29 is 14.3 Å². The zero-order chi connectivity index (χ0) is 16.7. The zero-order valence-electron chi connectivity index (χ0n) is 14.2. The molecule has 2 rings (SSSR count). The van der Waals surface area contributed by atoms with Gasteiger partial charge in [0.1, 0.15) is 11.3 Å². The lowest BCUT2D eigenvalue weighted by atomic mass is 10.2. The highest BCUT2D eigenvalue weighted by Gasteiger charge is 2.20. The number of hydrogen-bond donors (Lipinski definition) is 0. The third kappa shape index (κ3) is 4.00. The number of carbonyl (C=O) groups excluding carboxylic acids is 1. The van der Waals surface area contributed by atoms with E-state index in [9.17, 15) is 4.79 Å². The molecule has 6 nitrogen and oxygen atoms in total. The summed E-state index contributed by atoms with van der Waals surface area (Å²) in [4.78, 5) is 16.7. The van der Waals surface area contributed by atoms with Crippen molar-refractivity contribution in [2.24, 2.45) is 0 Å². The maximum absolute atomic E-state index is 12.3. The van der Waals surface area contributed by atoms with Crippen LogP contribution in [-0.2, 0) is 11.3 Å². The maximum Gasteiger partial charge on any atom is 0.343 e. The van der Waals surface area contributed by atoms with Gasteiger partial charge in [0.15, 0.2) is 5.65 Å². The van der Waals surface area contributed by atoms with E-state index in [4.69, 9.17) is 9.47 Å². The van der Waals surface area contributed by atoms with Gasteiger partial charge in [-0.1, -0.05) is 26.7 Å². The Morgan fingerprint density at radius 3 is 2.57 bits per heavy atom. The minimum atomic E-state index is -0.386. The average molecular weight is 319 g/mol. The Kier molecular flexibility index (Phi) is 6.38. The van der Waals surface area contributed by atoms with Crippen molar-refractivity contribution in [1.82, 2.24) is 14.8 Å². The molecule has 0 spiro atoms. The Hall–Kier alpha value is -2.11. The summed E-state index contributed by atoms with van der Waals surface area (Å²) in [6.07, 6.45) is 7.02. The van der Waals surface area contributed by atoms with Gasteiger partial charge in [0.05, 0.1) is 24.8 Å². The Bertz CT molecular complexity index is 652. The third-order valence-corrected chi connectivity index (χ3v) is 3.61. The molecule has 126 valence electrons. The number of rotatable bonds is 9. The van der Waals surface area contributed by atoms with Gasteiger partial charge >= 0.3 is 5.97 Å². The van der Waals surface area contributed by atoms with E-state index in [-0.39, 0.29) is 5.97 Å². The van der Waals surface area contributed by atoms with Gasteiger partial charge in [0.2, 0.25) is 0 Å². The fourth-order valence-corrected chi connectivity index (χ4v) is 2.24. The monoisotopic (exact) mass is 319 g/mol. The van der Waals surface area contributed by atoms with Gasteiger partial charge in [-0.05, 0) is 19.8 Å². The lowest BCUT2D eigenvalue weighted by Crippen LogP contribution is -2.11. The standard InChI is InChI=1S/C17H25N3O3/c1-4-7-9-22-15-13-12-19-20(6-3)16(13)18-11-14(15)17(21)23-10-8-5-2/h11-12H,4-10H2,1-3H3. The summed E-state index contributed by atoms with van der Waals surface area (Å²) >= 11 is 0. The van der Waals surface area contributed by atoms with Crippen LogP contribution in [-0.4, -0.2) is 33.9 Å². The van der Waals surface area contributed by atoms with Gasteiger partial charge in [-0.25, -0.2) is 14.5 Å². The van der Waals surface area contributed by atoms with Crippen LogP contribution < -0.4 is 4.74 Å². The fraction of sp³-hybridized carbons (Fsp3) is 0.588. The minimum Gasteiger partial charge on any atom is -0.492 e. The predicted molar refractivity (Wildman–Crippen MR) is 88.8 cm³/mol. The number of pyridine rings is 1. The largest absolute Gasteiger partial charge is 0.492 e. The first-order chi connectivity index (χ1) is 11.2. The van der Waals surface area contributed by atoms with Gasteiger partial charge < -0.3 is 9.47 Å². The third-order valence-electron chi connectivity index (χ3n) is 3.61. The van der Waals surface area contributed by atoms with Crippen molar-refractivity contribution in [2.75, 3.05) is 13.2 Å². The lowest BCUT2D eigenvalue weighted by molar-refractivity contribution is 0.0495. The molecule has 0 saturated heterocycles. The van der Waals surface area contributed by atoms with Crippen LogP contribution in [0.25, 0.3) is 11.0 Å². The second kappa shape index (κ2) is 8.50. The number of nitrogens with zero attached hydrogens (tertiary/aromatic N) is 3. The van der Waals surface area contributed by atoms with Gasteiger partial charge in [0.25, 0.3) is 0 Å². The molecule has 0 aromatic carbocycles. The molecule has 2 heterocycles. The van der Waals surface area contributed by atoms with E-state index in [0.717, 1.165) is 36.7 Å². The first kappa shape index (κ1) is 17.2. The number of carbonyl (C=O) groups is 1. The van der Waals surface area contributed by atoms with Crippen LogP contribution in [0.15, 0.2) is 12.4 Å². The van der Waals surface area contributed by atoms with Crippen molar-refractivity contribution in [3.05, 3.63) is 18.0 Å². The Morgan fingerprint density at radius 2 is 1.87 bits per heavy atom. The summed E-state index contributed by atoms with van der Waals surface area (Å²) < 4.78 is 13.0. The molecule has 0 unspecified atom stereocenters. The second-order valence-corrected chi connectivity index (χ2v) is 5.39. The molecule has 6 heteroatoms. The summed E-state index contributed by atoms with van der Waals surface area (Å²) in [6.45, 7) is 7.84. The van der Waals surface area contributed by atoms with Crippen molar-refractivity contribution >= 4 is 17.0 Å². The Balaban J connectivity index is 2.33. The van der Waals surface area contributed by atoms with Crippen molar-refractivity contribution in [1.29, 1.82) is 0 Å². The van der Waals surface area contributed by atoms with E-state index >= 15 is 0 Å². The Labute approximate surface area is 136 Å². The van der Waals surface area contributed by atoms with Crippen LogP contribution in [0, 0.1) is 0 Å². The Morgan fingerprint density at radius 1 is 1.13 bits per heavy atom. The fourth-order valence-electron chi connectivity index (χ4n) is 2.24. The number of unbranched alkanes of at least 4 members (excludes halogenated alkanes) is 2. The SMILES string of the molecule is CCCCOC(=O)c1cnc2c(cnn2CC)c1OCCCC. The van der Waals surface area contributed by atoms with E-state index in [0.29, 0.717) is 31.1 Å². The summed E-state index contributed by atoms with van der Waals surface area (Å²) in [5, 5.41) is 5.06. The van der Waals surface area contributed by atoms with Crippen LogP contribution >= 0.6 is 0 Å². The molecular formula is C17H25N3O3. The molecule has 23 heavy (non-hydrogen) atoms. The van der Waals surface area contributed by atoms with Crippen LogP contribution in [0.4, 0.5) is 0 Å². The maximum atomic E-state index is 12.3. The van der Waals surface area contributed by atoms with Crippen molar-refractivity contribution in [3.8, 4) is 5.75 Å². The van der Waals surface area contributed by atoms with E-state index in [1.165, 1.54) is 6.20 Å². The lowest BCUT2D eigenvalue weighted by Gasteiger charge is -2.12. The summed E-state index contributed by atoms with van der Waals surface area (Å²) in [5.41, 5.74) is 1.10. The molecule has 0 aliphatic heterocycles. The number of fused-ring (bicyclic) bond motifs is 1. The predicted octanol–water partition coefficient (Wildman–Crippen LogP) is 3.59. The highest BCUT2D eigenvalue weighted by atomic mass is 16.5. The van der Waals surface area contributed by atoms with Crippen LogP contribution in [0.2, 0.25) is 0 Å². The van der Waals surface area contributed by atoms with Gasteiger partial charge in [-0.2, -0.15) is 5.10 Å². The van der Waals surface area contributed by atoms with E-state index in [1.807, 2.05) is 6.92 Å². The van der Waals surface area contributed by atoms with E-state index in [2.05, 4.69) is 23.9 Å². The number of hydrogen-bond acceptors (Lipinski definition) is 5. The highest BCUT2D eigenvalue weighted by Crippen LogP contribution is 2.29. The molecule has 0 fully saturated rings. The summed E-state index contributed by atoms with van der Waals surface area (Å²) in [7, 11) is 0. The molecule has 0 amide bonds. The minimum absolute atomic E-state index is 0.375. The average Bonchev–Trinajstić information content (AvgIpc) is 2.98. The molecule has 0 atom stereocenters. The smallest absolute Gasteiger partial charge is 0.343 e. The summed E-state index contributed by atoms with van der Waals surface area (Å²) in [5.74, 6) is 0.147. The normalized spacial score (nSPS) is 10.9. The van der Waals surface area contributed by atoms with Gasteiger partial charge in [-0.15, -0.1) is 0 Å². The molecule has 0 radical (unpaired) electrons. The van der Waals surface area contributed by atoms with Gasteiger partial charge in [-0.3, -0.25) is 0 Å². The molecular weight excluding hydrogens is 294 g/mol. The quantitative estimate of drug-likeness (QED) is 0.522. The zero-order valence-corrected chi connectivity index (χ0v) is 14.2. The van der Waals surface area contributed by atoms with Crippen LogP contribution in [0.1, 0.15) is 56.8 Å². The van der Waals surface area contributed by atoms with Gasteiger partial charge in [0, 0.05) is 12.7 Å². The van der Waals surface area contributed by atoms with E-state index in [1.54, 1.807) is 10.9 Å². The number of aryl methyl sites for hydroxylation is 1. The van der Waals surface area contributed by atoms with Crippen molar-refractivity contribution in [2.45, 2.75) is 53.0 Å². The number of esters is 1. The van der Waals surface area contributed by atoms with Crippen molar-refractivity contribution in [3.63, 3.8) is 0 Å². The topological polar surface area (TPSA) is 66.2 Å². The van der Waals surface area contributed by atoms with Crippen LogP contribution in [0.5, 0.6) is 5.75 Å². The first-order valence-corrected chi connectivity index (χ1v) is 8.37. The molecule has 0 saturated carbocycles. The second-order valence-electron chi connectivity index (χ2n) is 5.39. The molecule has 2 aromatic rings. The van der Waals surface area contributed by atoms with Crippen LogP contribution in [0.3, 0.4) is 0 Å². The molecule has 0 bridgehead atoms. The summed E-state index contributed by atoms with van der Waals surface area (Å²) in [6, 6.07) is 0. The first-order valence-electron chi connectivity index (χ1n) is 8.37. The number of ether oxygens (including phenoxy) is 2. The molecule has 2 aromatic heterocycles. The molecule has 0 N–H and O–H groups in total. The number of aromatic nitrogens is 3.